The molecular weight excluding hydrogens is 330 g/mol. The molecule has 1 aromatic heterocycles. The second-order valence-corrected chi connectivity index (χ2v) is 6.14. The molecule has 126 valence electrons. The van der Waals surface area contributed by atoms with Gasteiger partial charge in [0, 0.05) is 36.2 Å². The molecule has 2 heterocycles. The summed E-state index contributed by atoms with van der Waals surface area (Å²) in [5.74, 6) is -0.292. The van der Waals surface area contributed by atoms with Crippen molar-refractivity contribution < 1.29 is 14.3 Å². The van der Waals surface area contributed by atoms with E-state index in [1.54, 1.807) is 36.7 Å². The Hall–Kier alpha value is -2.18. The number of aromatic nitrogens is 2. The van der Waals surface area contributed by atoms with Crippen LogP contribution in [0.5, 0.6) is 0 Å². The number of ketones is 1. The Morgan fingerprint density at radius 1 is 1.29 bits per heavy atom. The molecule has 1 aromatic carbocycles. The second kappa shape index (κ2) is 7.59. The van der Waals surface area contributed by atoms with E-state index in [1.165, 1.54) is 0 Å². The van der Waals surface area contributed by atoms with Crippen molar-refractivity contribution in [1.82, 2.24) is 9.78 Å². The smallest absolute Gasteiger partial charge is 0.224 e. The Morgan fingerprint density at radius 3 is 2.79 bits per heavy atom. The predicted molar refractivity (Wildman–Crippen MR) is 90.3 cm³/mol. The Morgan fingerprint density at radius 2 is 2.08 bits per heavy atom. The van der Waals surface area contributed by atoms with Gasteiger partial charge in [-0.25, -0.2) is 0 Å². The van der Waals surface area contributed by atoms with E-state index in [9.17, 15) is 9.59 Å². The summed E-state index contributed by atoms with van der Waals surface area (Å²) < 4.78 is 7.13. The average molecular weight is 348 g/mol. The fraction of sp³-hybridized carbons (Fsp3) is 0.353. The summed E-state index contributed by atoms with van der Waals surface area (Å²) >= 11 is 5.79. The highest BCUT2D eigenvalue weighted by Crippen LogP contribution is 2.20. The van der Waals surface area contributed by atoms with Crippen LogP contribution in [0.2, 0.25) is 5.02 Å². The minimum absolute atomic E-state index is 0.0828. The van der Waals surface area contributed by atoms with Gasteiger partial charge in [-0.15, -0.1) is 0 Å². The first-order valence-electron chi connectivity index (χ1n) is 7.82. The fourth-order valence-electron chi connectivity index (χ4n) is 2.56. The molecule has 1 fully saturated rings. The number of hydrogen-bond donors (Lipinski definition) is 1. The lowest BCUT2D eigenvalue weighted by atomic mass is 10.1. The molecule has 24 heavy (non-hydrogen) atoms. The monoisotopic (exact) mass is 347 g/mol. The molecule has 0 saturated carbocycles. The fourth-order valence-corrected chi connectivity index (χ4v) is 2.69. The van der Waals surface area contributed by atoms with Gasteiger partial charge in [0.15, 0.2) is 5.78 Å². The molecule has 1 atom stereocenters. The van der Waals surface area contributed by atoms with Gasteiger partial charge in [-0.3, -0.25) is 14.3 Å². The van der Waals surface area contributed by atoms with Crippen LogP contribution in [0.4, 0.5) is 5.69 Å². The summed E-state index contributed by atoms with van der Waals surface area (Å²) in [5, 5.41) is 7.59. The third-order valence-corrected chi connectivity index (χ3v) is 4.16. The number of halogens is 1. The Balaban J connectivity index is 1.48. The van der Waals surface area contributed by atoms with Gasteiger partial charge in [-0.2, -0.15) is 5.10 Å². The topological polar surface area (TPSA) is 73.2 Å². The molecule has 0 radical (unpaired) electrons. The minimum atomic E-state index is -0.209. The number of nitrogens with zero attached hydrogens (tertiary/aromatic N) is 2. The van der Waals surface area contributed by atoms with Crippen LogP contribution in [0.25, 0.3) is 0 Å². The summed E-state index contributed by atoms with van der Waals surface area (Å²) in [6, 6.07) is 6.88. The number of Topliss-reactive ketones (excluding diaryl/α,β-unsaturated/α-hetero) is 1. The number of nitrogens with one attached hydrogen (secondary N) is 1. The van der Waals surface area contributed by atoms with E-state index in [0.717, 1.165) is 13.0 Å². The number of anilines is 1. The van der Waals surface area contributed by atoms with E-state index in [2.05, 4.69) is 10.4 Å². The summed E-state index contributed by atoms with van der Waals surface area (Å²) in [7, 11) is 0. The maximum atomic E-state index is 12.0. The first kappa shape index (κ1) is 16.7. The van der Waals surface area contributed by atoms with Crippen molar-refractivity contribution in [2.45, 2.75) is 25.3 Å². The van der Waals surface area contributed by atoms with E-state index in [0.29, 0.717) is 22.9 Å². The quantitative estimate of drug-likeness (QED) is 0.815. The average Bonchev–Trinajstić information content (AvgIpc) is 3.24. The summed E-state index contributed by atoms with van der Waals surface area (Å²) in [6.07, 6.45) is 4.59. The van der Waals surface area contributed by atoms with Gasteiger partial charge in [0.1, 0.15) is 0 Å². The molecule has 0 bridgehead atoms. The SMILES string of the molecule is O=C(CCC(=O)c1ccc(Cl)cc1)Nc1cnn([C@@H]2CCOC2)c1. The lowest BCUT2D eigenvalue weighted by Crippen LogP contribution is -2.13. The van der Waals surface area contributed by atoms with Crippen LogP contribution in [-0.2, 0) is 9.53 Å². The Labute approximate surface area is 144 Å². The molecule has 1 aliphatic heterocycles. The lowest BCUT2D eigenvalue weighted by Gasteiger charge is -2.07. The lowest BCUT2D eigenvalue weighted by molar-refractivity contribution is -0.116. The molecule has 3 rings (SSSR count). The molecule has 6 nitrogen and oxygen atoms in total. The molecule has 0 aliphatic carbocycles. The number of ether oxygens (including phenoxy) is 1. The molecule has 1 saturated heterocycles. The molecular formula is C17H18ClN3O3. The van der Waals surface area contributed by atoms with Gasteiger partial charge in [-0.05, 0) is 30.7 Å². The van der Waals surface area contributed by atoms with E-state index >= 15 is 0 Å². The Bertz CT molecular complexity index is 721. The first-order chi connectivity index (χ1) is 11.6. The van der Waals surface area contributed by atoms with Gasteiger partial charge < -0.3 is 10.1 Å². The highest BCUT2D eigenvalue weighted by molar-refractivity contribution is 6.30. The van der Waals surface area contributed by atoms with Gasteiger partial charge in [0.25, 0.3) is 0 Å². The van der Waals surface area contributed by atoms with Crippen molar-refractivity contribution >= 4 is 29.0 Å². The third kappa shape index (κ3) is 4.21. The number of amides is 1. The molecule has 1 aliphatic rings. The maximum Gasteiger partial charge on any atom is 0.224 e. The van der Waals surface area contributed by atoms with Gasteiger partial charge >= 0.3 is 0 Å². The third-order valence-electron chi connectivity index (χ3n) is 3.91. The number of hydrogen-bond acceptors (Lipinski definition) is 4. The van der Waals surface area contributed by atoms with E-state index in [1.807, 2.05) is 4.68 Å². The zero-order chi connectivity index (χ0) is 16.9. The standard InChI is InChI=1S/C17H18ClN3O3/c18-13-3-1-12(2-4-13)16(22)5-6-17(23)20-14-9-19-21(10-14)15-7-8-24-11-15/h1-4,9-10,15H,5-8,11H2,(H,20,23)/t15-/m1/s1. The predicted octanol–water partition coefficient (Wildman–Crippen LogP) is 3.10. The maximum absolute atomic E-state index is 12.0. The number of carbonyl (C=O) groups excluding carboxylic acids is 2. The van der Waals surface area contributed by atoms with Crippen LogP contribution in [0.1, 0.15) is 35.7 Å². The molecule has 7 heteroatoms. The number of rotatable bonds is 6. The van der Waals surface area contributed by atoms with Crippen molar-refractivity contribution in [3.05, 3.63) is 47.2 Å². The molecule has 0 spiro atoms. The van der Waals surface area contributed by atoms with E-state index < -0.39 is 0 Å². The minimum Gasteiger partial charge on any atom is -0.379 e. The normalized spacial score (nSPS) is 17.0. The largest absolute Gasteiger partial charge is 0.379 e. The van der Waals surface area contributed by atoms with Gasteiger partial charge in [0.05, 0.1) is 24.5 Å². The van der Waals surface area contributed by atoms with Crippen molar-refractivity contribution in [2.75, 3.05) is 18.5 Å². The zero-order valence-electron chi connectivity index (χ0n) is 13.1. The van der Waals surface area contributed by atoms with Crippen molar-refractivity contribution in [3.63, 3.8) is 0 Å². The second-order valence-electron chi connectivity index (χ2n) is 5.70. The van der Waals surface area contributed by atoms with Crippen LogP contribution in [0.3, 0.4) is 0 Å². The van der Waals surface area contributed by atoms with Crippen molar-refractivity contribution in [1.29, 1.82) is 0 Å². The van der Waals surface area contributed by atoms with Crippen LogP contribution < -0.4 is 5.32 Å². The van der Waals surface area contributed by atoms with E-state index in [-0.39, 0.29) is 30.6 Å². The molecule has 0 unspecified atom stereocenters. The van der Waals surface area contributed by atoms with Gasteiger partial charge in [0.2, 0.25) is 5.91 Å². The first-order valence-corrected chi connectivity index (χ1v) is 8.20. The molecule has 1 N–H and O–H groups in total. The summed E-state index contributed by atoms with van der Waals surface area (Å²) in [6.45, 7) is 1.38. The Kier molecular flexibility index (Phi) is 5.27. The van der Waals surface area contributed by atoms with Gasteiger partial charge in [-0.1, -0.05) is 11.6 Å². The van der Waals surface area contributed by atoms with Crippen LogP contribution in [-0.4, -0.2) is 34.7 Å². The molecule has 2 aromatic rings. The van der Waals surface area contributed by atoms with Crippen LogP contribution >= 0.6 is 11.6 Å². The van der Waals surface area contributed by atoms with Crippen molar-refractivity contribution in [2.24, 2.45) is 0 Å². The van der Waals surface area contributed by atoms with Crippen LogP contribution in [0, 0.1) is 0 Å². The van der Waals surface area contributed by atoms with Crippen LogP contribution in [0.15, 0.2) is 36.7 Å². The highest BCUT2D eigenvalue weighted by atomic mass is 35.5. The summed E-state index contributed by atoms with van der Waals surface area (Å²) in [4.78, 5) is 24.0. The van der Waals surface area contributed by atoms with Crippen molar-refractivity contribution in [3.8, 4) is 0 Å². The summed E-state index contributed by atoms with van der Waals surface area (Å²) in [5.41, 5.74) is 1.19. The zero-order valence-corrected chi connectivity index (χ0v) is 13.8. The van der Waals surface area contributed by atoms with E-state index in [4.69, 9.17) is 16.3 Å². The highest BCUT2D eigenvalue weighted by Gasteiger charge is 2.18. The molecule has 1 amide bonds. The number of carbonyl (C=O) groups is 2. The number of benzene rings is 1.